The van der Waals surface area contributed by atoms with Gasteiger partial charge in [0.1, 0.15) is 30.7 Å². The number of hydrogen-bond acceptors (Lipinski definition) is 9. The van der Waals surface area contributed by atoms with Crippen LogP contribution in [0.3, 0.4) is 0 Å². The third-order valence-electron chi connectivity index (χ3n) is 7.71. The van der Waals surface area contributed by atoms with Crippen molar-refractivity contribution in [3.63, 3.8) is 0 Å². The lowest BCUT2D eigenvalue weighted by molar-refractivity contribution is -0.223. The zero-order valence-electron chi connectivity index (χ0n) is 32.4. The molecule has 0 N–H and O–H groups in total. The van der Waals surface area contributed by atoms with Crippen LogP contribution in [0.4, 0.5) is 26.3 Å². The molecule has 17 heteroatoms. The molecule has 0 aromatic heterocycles. The Morgan fingerprint density at radius 1 is 0.571 bits per heavy atom. The molecule has 0 bridgehead atoms. The van der Waals surface area contributed by atoms with Crippen molar-refractivity contribution in [1.29, 1.82) is 0 Å². The summed E-state index contributed by atoms with van der Waals surface area (Å²) in [5.41, 5.74) is -1.63. The number of benzene rings is 3. The maximum atomic E-state index is 12.8. The summed E-state index contributed by atoms with van der Waals surface area (Å²) >= 11 is 0. The van der Waals surface area contributed by atoms with E-state index >= 15 is 0 Å². The zero-order valence-corrected chi connectivity index (χ0v) is 34.0. The van der Waals surface area contributed by atoms with Gasteiger partial charge in [0.05, 0.1) is 0 Å². The monoisotopic (exact) mass is 836 g/mol. The van der Waals surface area contributed by atoms with Gasteiger partial charge in [0, 0.05) is 16.2 Å². The maximum Gasteiger partial charge on any atom is 0.426 e. The molecule has 0 radical (unpaired) electrons. The van der Waals surface area contributed by atoms with Gasteiger partial charge in [-0.25, -0.2) is 12.8 Å². The Morgan fingerprint density at radius 2 is 0.821 bits per heavy atom. The van der Waals surface area contributed by atoms with Crippen LogP contribution in [0.5, 0.6) is 17.2 Å². The molecular weight excluding hydrogens is 791 g/mol. The number of Topliss-reactive ketones (excluding diaryl/α,β-unsaturated/α-hetero) is 3. The predicted molar refractivity (Wildman–Crippen MR) is 197 cm³/mol. The molecule has 0 saturated heterocycles. The van der Waals surface area contributed by atoms with Crippen LogP contribution in [0.25, 0.3) is 0 Å². The lowest BCUT2D eigenvalue weighted by Gasteiger charge is -2.24. The van der Waals surface area contributed by atoms with Crippen LogP contribution in [0.2, 0.25) is 0 Å². The quantitative estimate of drug-likeness (QED) is 0.0887. The van der Waals surface area contributed by atoms with Gasteiger partial charge in [-0.1, -0.05) is 98.7 Å². The van der Waals surface area contributed by atoms with E-state index in [1.807, 2.05) is 135 Å². The number of carbonyl (C=O) groups excluding carboxylic acids is 3. The molecule has 0 saturated carbocycles. The fourth-order valence-corrected chi connectivity index (χ4v) is 6.69. The van der Waals surface area contributed by atoms with E-state index in [1.54, 1.807) is 0 Å². The minimum Gasteiger partial charge on any atom is -0.743 e. The van der Waals surface area contributed by atoms with Crippen LogP contribution in [0, 0.1) is 16.2 Å². The van der Waals surface area contributed by atoms with Gasteiger partial charge < -0.3 is 18.8 Å². The number of ketones is 3. The Labute approximate surface area is 326 Å². The molecule has 0 aliphatic carbocycles. The molecule has 0 spiro atoms. The Balaban J connectivity index is 0.000000711. The van der Waals surface area contributed by atoms with Gasteiger partial charge in [-0.3, -0.25) is 14.4 Å². The van der Waals surface area contributed by atoms with Crippen molar-refractivity contribution in [1.82, 2.24) is 0 Å². The number of para-hydroxylation sites is 3. The average Bonchev–Trinajstić information content (AvgIpc) is 3.07. The van der Waals surface area contributed by atoms with E-state index < -0.39 is 54.9 Å². The van der Waals surface area contributed by atoms with Crippen LogP contribution in [0.1, 0.15) is 62.3 Å². The van der Waals surface area contributed by atoms with E-state index in [0.29, 0.717) is 17.2 Å². The second-order valence-corrected chi connectivity index (χ2v) is 18.8. The van der Waals surface area contributed by atoms with Crippen LogP contribution >= 0.6 is 0 Å². The molecule has 0 aliphatic rings. The van der Waals surface area contributed by atoms with Crippen LogP contribution in [-0.2, 0) is 35.4 Å². The van der Waals surface area contributed by atoms with Crippen molar-refractivity contribution in [2.24, 2.45) is 16.2 Å². The number of rotatable bonds is 14. The van der Waals surface area contributed by atoms with E-state index in [2.05, 4.69) is 0 Å². The van der Waals surface area contributed by atoms with E-state index in [9.17, 15) is 53.7 Å². The molecule has 1 atom stereocenters. The highest BCUT2D eigenvalue weighted by Crippen LogP contribution is 2.44. The van der Waals surface area contributed by atoms with Gasteiger partial charge in [0.2, 0.25) is 14.7 Å². The molecule has 9 nitrogen and oxygen atoms in total. The third kappa shape index (κ3) is 13.3. The number of alkyl halides is 6. The number of halogens is 6. The van der Waals surface area contributed by atoms with Crippen LogP contribution in [-0.4, -0.2) is 67.7 Å². The summed E-state index contributed by atoms with van der Waals surface area (Å²) in [4.78, 5) is 40.9. The average molecular weight is 837 g/mol. The largest absolute Gasteiger partial charge is 0.743 e. The lowest BCUT2D eigenvalue weighted by Crippen LogP contribution is -2.46. The molecule has 3 aromatic rings. The van der Waals surface area contributed by atoms with Gasteiger partial charge >= 0.3 is 11.4 Å². The highest BCUT2D eigenvalue weighted by atomic mass is 32.2. The summed E-state index contributed by atoms with van der Waals surface area (Å²) in [5.74, 6) is 1.63. The SMILES string of the molecule is CC(C)(C)C(=O)COc1ccccc1[S+](c1ccccc1OCC(=O)C(C)(C)C)c1ccccc1OCC(=O)C(C)(C)C.O=S(=O)([O-])C(F)(F)C(F)C(F)(F)F. The third-order valence-corrected chi connectivity index (χ3v) is 10.9. The van der Waals surface area contributed by atoms with Gasteiger partial charge in [-0.05, 0) is 36.4 Å². The van der Waals surface area contributed by atoms with Gasteiger partial charge in [0.25, 0.3) is 6.17 Å². The smallest absolute Gasteiger partial charge is 0.426 e. The first-order valence-corrected chi connectivity index (χ1v) is 19.6. The van der Waals surface area contributed by atoms with Gasteiger partial charge in [0.15, 0.2) is 44.7 Å². The standard InChI is InChI=1S/C36H45O6S.C3H2F6O3S/c1-34(2,3)31(37)22-40-25-16-10-13-19-28(25)43(29-20-14-11-17-26(29)41-23-32(38)35(4,5)6)30-21-15-12-18-27(30)42-24-33(39)36(7,8)9;4-1(2(5,6)7)3(8,9)13(10,11)12/h10-21H,22-24H2,1-9H3;1H,(H,10,11,12)/q+1;/p-1. The van der Waals surface area contributed by atoms with E-state index in [0.717, 1.165) is 14.7 Å². The lowest BCUT2D eigenvalue weighted by atomic mass is 9.91. The van der Waals surface area contributed by atoms with E-state index in [-0.39, 0.29) is 37.2 Å². The summed E-state index contributed by atoms with van der Waals surface area (Å²) in [6.07, 6.45) is -11.1. The van der Waals surface area contributed by atoms with Crippen LogP contribution in [0.15, 0.2) is 87.5 Å². The fourth-order valence-electron chi connectivity index (χ4n) is 3.97. The summed E-state index contributed by atoms with van der Waals surface area (Å²) in [7, 11) is -7.53. The van der Waals surface area contributed by atoms with Crippen molar-refractivity contribution >= 4 is 38.4 Å². The van der Waals surface area contributed by atoms with Crippen molar-refractivity contribution in [2.45, 2.75) is 94.6 Å². The molecule has 56 heavy (non-hydrogen) atoms. The first-order valence-electron chi connectivity index (χ1n) is 16.9. The normalized spacial score (nSPS) is 13.3. The van der Waals surface area contributed by atoms with Gasteiger partial charge in [-0.15, -0.1) is 0 Å². The second-order valence-electron chi connectivity index (χ2n) is 15.5. The molecular formula is C39H46F6O9S2. The Bertz CT molecular complexity index is 1770. The first kappa shape index (κ1) is 48.1. The molecule has 0 heterocycles. The zero-order chi connectivity index (χ0) is 43.1. The Morgan fingerprint density at radius 3 is 1.02 bits per heavy atom. The molecule has 3 aromatic carbocycles. The Hall–Kier alpha value is -4.09. The van der Waals surface area contributed by atoms with Gasteiger partial charge in [-0.2, -0.15) is 22.0 Å². The summed E-state index contributed by atoms with van der Waals surface area (Å²) in [6.45, 7) is 16.6. The highest BCUT2D eigenvalue weighted by Gasteiger charge is 2.61. The molecule has 0 amide bonds. The van der Waals surface area contributed by atoms with Crippen molar-refractivity contribution in [3.05, 3.63) is 72.8 Å². The van der Waals surface area contributed by atoms with Crippen molar-refractivity contribution < 1.29 is 67.9 Å². The fraction of sp³-hybridized carbons (Fsp3) is 0.462. The molecule has 310 valence electrons. The number of hydrogen-bond donors (Lipinski definition) is 0. The highest BCUT2D eigenvalue weighted by molar-refractivity contribution is 7.97. The summed E-state index contributed by atoms with van der Waals surface area (Å²) in [6, 6.07) is 22.8. The molecule has 0 fully saturated rings. The van der Waals surface area contributed by atoms with Crippen LogP contribution < -0.4 is 14.2 Å². The number of ether oxygens (including phenoxy) is 3. The minimum absolute atomic E-state index is 0.0176. The topological polar surface area (TPSA) is 136 Å². The van der Waals surface area contributed by atoms with E-state index in [1.165, 1.54) is 0 Å². The molecule has 3 rings (SSSR count). The molecule has 0 aliphatic heterocycles. The number of carbonyl (C=O) groups is 3. The second kappa shape index (κ2) is 18.4. The Kier molecular flexibility index (Phi) is 15.8. The van der Waals surface area contributed by atoms with Crippen molar-refractivity contribution in [3.8, 4) is 17.2 Å². The maximum absolute atomic E-state index is 12.8. The minimum atomic E-state index is -6.66. The molecule has 1 unspecified atom stereocenters. The van der Waals surface area contributed by atoms with E-state index in [4.69, 9.17) is 14.2 Å². The predicted octanol–water partition coefficient (Wildman–Crippen LogP) is 8.79. The summed E-state index contributed by atoms with van der Waals surface area (Å²) in [5, 5.41) is -5.99. The summed E-state index contributed by atoms with van der Waals surface area (Å²) < 4.78 is 116. The first-order chi connectivity index (χ1) is 25.4. The van der Waals surface area contributed by atoms with Crippen molar-refractivity contribution in [2.75, 3.05) is 19.8 Å².